The average Bonchev–Trinajstić information content (AvgIpc) is 2.67. The first-order valence-corrected chi connectivity index (χ1v) is 7.09. The fourth-order valence-electron chi connectivity index (χ4n) is 1.38. The van der Waals surface area contributed by atoms with E-state index in [4.69, 9.17) is 11.6 Å². The molecule has 0 radical (unpaired) electrons. The molecular weight excluding hydrogens is 322 g/mol. The zero-order valence-corrected chi connectivity index (χ0v) is 12.6. The van der Waals surface area contributed by atoms with Crippen LogP contribution in [0.4, 0.5) is 5.82 Å². The predicted molar refractivity (Wildman–Crippen MR) is 75.9 cm³/mol. The number of aryl methyl sites for hydroxylation is 1. The molecule has 2 aromatic heterocycles. The Morgan fingerprint density at radius 2 is 2.18 bits per heavy atom. The minimum Gasteiger partial charge on any atom is -0.365 e. The largest absolute Gasteiger partial charge is 0.365 e. The second-order valence-corrected chi connectivity index (χ2v) is 5.79. The third-order valence-electron chi connectivity index (χ3n) is 2.31. The lowest BCUT2D eigenvalue weighted by atomic mass is 10.3. The third-order valence-corrected chi connectivity index (χ3v) is 4.60. The number of anilines is 1. The number of nitrogens with one attached hydrogen (secondary N) is 1. The van der Waals surface area contributed by atoms with Crippen LogP contribution in [0, 0.1) is 13.8 Å². The molecule has 0 bridgehead atoms. The van der Waals surface area contributed by atoms with E-state index in [9.17, 15) is 0 Å². The number of halogens is 2. The van der Waals surface area contributed by atoms with Crippen LogP contribution < -0.4 is 5.32 Å². The van der Waals surface area contributed by atoms with E-state index in [-0.39, 0.29) is 0 Å². The summed E-state index contributed by atoms with van der Waals surface area (Å²) < 4.78 is 1.12. The van der Waals surface area contributed by atoms with Crippen molar-refractivity contribution in [3.63, 3.8) is 0 Å². The van der Waals surface area contributed by atoms with Crippen molar-refractivity contribution in [2.75, 3.05) is 5.32 Å². The van der Waals surface area contributed by atoms with Crippen molar-refractivity contribution in [3.05, 3.63) is 37.3 Å². The summed E-state index contributed by atoms with van der Waals surface area (Å²) in [5.74, 6) is 1.47. The molecule has 1 N–H and O–H groups in total. The van der Waals surface area contributed by atoms with Gasteiger partial charge in [0, 0.05) is 14.9 Å². The summed E-state index contributed by atoms with van der Waals surface area (Å²) in [6.07, 6.45) is 0. The normalized spacial score (nSPS) is 10.6. The summed E-state index contributed by atoms with van der Waals surface area (Å²) in [7, 11) is 0. The Kier molecular flexibility index (Phi) is 4.01. The van der Waals surface area contributed by atoms with Crippen LogP contribution in [-0.4, -0.2) is 9.97 Å². The fraction of sp³-hybridized carbons (Fsp3) is 0.273. The number of hydrogen-bond donors (Lipinski definition) is 1. The van der Waals surface area contributed by atoms with Gasteiger partial charge < -0.3 is 5.32 Å². The van der Waals surface area contributed by atoms with Crippen LogP contribution in [0.15, 0.2) is 15.9 Å². The summed E-state index contributed by atoms with van der Waals surface area (Å²) in [4.78, 5) is 9.68. The molecule has 0 amide bonds. The standard InChI is InChI=1S/C11H11BrClN3S/c1-6-10(13)15-7(2)16-11(6)14-5-9-8(12)3-4-17-9/h3-4H,5H2,1-2H3,(H,14,15,16). The quantitative estimate of drug-likeness (QED) is 0.857. The first-order valence-electron chi connectivity index (χ1n) is 5.04. The SMILES string of the molecule is Cc1nc(Cl)c(C)c(NCc2sccc2Br)n1. The van der Waals surface area contributed by atoms with Gasteiger partial charge in [-0.25, -0.2) is 9.97 Å². The molecule has 0 atom stereocenters. The lowest BCUT2D eigenvalue weighted by molar-refractivity contribution is 1.01. The molecule has 0 aromatic carbocycles. The van der Waals surface area contributed by atoms with Crippen molar-refractivity contribution < 1.29 is 0 Å². The van der Waals surface area contributed by atoms with E-state index in [1.165, 1.54) is 4.88 Å². The highest BCUT2D eigenvalue weighted by Crippen LogP contribution is 2.25. The summed E-state index contributed by atoms with van der Waals surface area (Å²) in [5, 5.41) is 5.84. The van der Waals surface area contributed by atoms with Crippen LogP contribution in [0.1, 0.15) is 16.3 Å². The number of nitrogens with zero attached hydrogens (tertiary/aromatic N) is 2. The van der Waals surface area contributed by atoms with Gasteiger partial charge in [-0.15, -0.1) is 11.3 Å². The highest BCUT2D eigenvalue weighted by Gasteiger charge is 2.08. The predicted octanol–water partition coefficient (Wildman–Crippen LogP) is 4.18. The summed E-state index contributed by atoms with van der Waals surface area (Å²) >= 11 is 11.2. The van der Waals surface area contributed by atoms with Crippen LogP contribution in [0.5, 0.6) is 0 Å². The van der Waals surface area contributed by atoms with Gasteiger partial charge in [-0.1, -0.05) is 11.6 Å². The molecule has 3 nitrogen and oxygen atoms in total. The minimum atomic E-state index is 0.505. The maximum absolute atomic E-state index is 6.01. The molecule has 0 aliphatic carbocycles. The Morgan fingerprint density at radius 3 is 2.82 bits per heavy atom. The molecule has 0 aliphatic rings. The van der Waals surface area contributed by atoms with Gasteiger partial charge in [0.05, 0.1) is 6.54 Å². The second-order valence-electron chi connectivity index (χ2n) is 3.58. The van der Waals surface area contributed by atoms with Crippen molar-refractivity contribution in [1.29, 1.82) is 0 Å². The average molecular weight is 333 g/mol. The van der Waals surface area contributed by atoms with Crippen LogP contribution in [0.2, 0.25) is 5.15 Å². The highest BCUT2D eigenvalue weighted by molar-refractivity contribution is 9.10. The van der Waals surface area contributed by atoms with E-state index in [0.717, 1.165) is 22.4 Å². The topological polar surface area (TPSA) is 37.8 Å². The maximum Gasteiger partial charge on any atom is 0.137 e. The lowest BCUT2D eigenvalue weighted by Gasteiger charge is -2.09. The summed E-state index contributed by atoms with van der Waals surface area (Å²) in [5.41, 5.74) is 0.880. The molecule has 2 aromatic rings. The molecule has 0 aliphatic heterocycles. The Bertz CT molecular complexity index is 542. The van der Waals surface area contributed by atoms with Gasteiger partial charge in [0.1, 0.15) is 16.8 Å². The summed E-state index contributed by atoms with van der Waals surface area (Å²) in [6.45, 7) is 4.47. The Morgan fingerprint density at radius 1 is 1.41 bits per heavy atom. The molecule has 0 spiro atoms. The van der Waals surface area contributed by atoms with E-state index in [1.54, 1.807) is 11.3 Å². The van der Waals surface area contributed by atoms with Crippen molar-refractivity contribution in [1.82, 2.24) is 9.97 Å². The van der Waals surface area contributed by atoms with E-state index in [0.29, 0.717) is 11.0 Å². The first kappa shape index (κ1) is 12.8. The van der Waals surface area contributed by atoms with Crippen LogP contribution in [-0.2, 0) is 6.54 Å². The van der Waals surface area contributed by atoms with Gasteiger partial charge in [-0.3, -0.25) is 0 Å². The Hall–Kier alpha value is -0.650. The number of aromatic nitrogens is 2. The first-order chi connectivity index (χ1) is 8.08. The van der Waals surface area contributed by atoms with Gasteiger partial charge in [0.15, 0.2) is 0 Å². The zero-order chi connectivity index (χ0) is 12.4. The lowest BCUT2D eigenvalue weighted by Crippen LogP contribution is -2.05. The summed E-state index contributed by atoms with van der Waals surface area (Å²) in [6, 6.07) is 2.03. The molecular formula is C11H11BrClN3S. The number of rotatable bonds is 3. The number of thiophene rings is 1. The van der Waals surface area contributed by atoms with E-state index < -0.39 is 0 Å². The van der Waals surface area contributed by atoms with Crippen LogP contribution in [0.3, 0.4) is 0 Å². The van der Waals surface area contributed by atoms with Crippen LogP contribution in [0.25, 0.3) is 0 Å². The molecule has 2 heterocycles. The van der Waals surface area contributed by atoms with Crippen molar-refractivity contribution in [2.24, 2.45) is 0 Å². The molecule has 17 heavy (non-hydrogen) atoms. The Labute approximate surface area is 117 Å². The zero-order valence-electron chi connectivity index (χ0n) is 9.42. The van der Waals surface area contributed by atoms with Gasteiger partial charge in [0.25, 0.3) is 0 Å². The van der Waals surface area contributed by atoms with E-state index in [1.807, 2.05) is 25.3 Å². The maximum atomic E-state index is 6.01. The van der Waals surface area contributed by atoms with Gasteiger partial charge in [-0.05, 0) is 41.2 Å². The van der Waals surface area contributed by atoms with Gasteiger partial charge in [-0.2, -0.15) is 0 Å². The highest BCUT2D eigenvalue weighted by atomic mass is 79.9. The molecule has 6 heteroatoms. The number of hydrogen-bond acceptors (Lipinski definition) is 4. The fourth-order valence-corrected chi connectivity index (χ4v) is 3.03. The Balaban J connectivity index is 2.17. The molecule has 90 valence electrons. The van der Waals surface area contributed by atoms with Gasteiger partial charge >= 0.3 is 0 Å². The molecule has 0 unspecified atom stereocenters. The molecule has 0 saturated heterocycles. The second kappa shape index (κ2) is 5.33. The smallest absolute Gasteiger partial charge is 0.137 e. The molecule has 0 saturated carbocycles. The monoisotopic (exact) mass is 331 g/mol. The van der Waals surface area contributed by atoms with Gasteiger partial charge in [0.2, 0.25) is 0 Å². The van der Waals surface area contributed by atoms with Crippen LogP contribution >= 0.6 is 38.9 Å². The van der Waals surface area contributed by atoms with E-state index >= 15 is 0 Å². The van der Waals surface area contributed by atoms with Crippen molar-refractivity contribution in [2.45, 2.75) is 20.4 Å². The van der Waals surface area contributed by atoms with Crippen molar-refractivity contribution in [3.8, 4) is 0 Å². The third kappa shape index (κ3) is 2.97. The molecule has 2 rings (SSSR count). The molecule has 0 fully saturated rings. The van der Waals surface area contributed by atoms with Crippen molar-refractivity contribution >= 4 is 44.7 Å². The van der Waals surface area contributed by atoms with E-state index in [2.05, 4.69) is 31.2 Å². The minimum absolute atomic E-state index is 0.505.